The molecule has 0 aliphatic rings. The lowest BCUT2D eigenvalue weighted by molar-refractivity contribution is 0.647. The first-order valence-corrected chi connectivity index (χ1v) is 6.39. The van der Waals surface area contributed by atoms with Crippen molar-refractivity contribution in [3.63, 3.8) is 0 Å². The Labute approximate surface area is 108 Å². The minimum atomic E-state index is 0.367. The van der Waals surface area contributed by atoms with Crippen molar-refractivity contribution in [2.75, 3.05) is 0 Å². The highest BCUT2D eigenvalue weighted by Crippen LogP contribution is 2.27. The molecule has 18 heavy (non-hydrogen) atoms. The third-order valence-electron chi connectivity index (χ3n) is 3.61. The van der Waals surface area contributed by atoms with Gasteiger partial charge in [-0.25, -0.2) is 0 Å². The molecule has 0 radical (unpaired) electrons. The second-order valence-corrected chi connectivity index (χ2v) is 4.80. The van der Waals surface area contributed by atoms with Crippen LogP contribution in [0.25, 0.3) is 10.9 Å². The highest BCUT2D eigenvalue weighted by atomic mass is 15.0. The van der Waals surface area contributed by atoms with E-state index >= 15 is 0 Å². The predicted octanol–water partition coefficient (Wildman–Crippen LogP) is 4.56. The Hall–Kier alpha value is -2.02. The summed E-state index contributed by atoms with van der Waals surface area (Å²) >= 11 is 0. The van der Waals surface area contributed by atoms with Crippen LogP contribution >= 0.6 is 0 Å². The Morgan fingerprint density at radius 2 is 1.56 bits per heavy atom. The number of para-hydroxylation sites is 1. The van der Waals surface area contributed by atoms with Crippen LogP contribution in [0.2, 0.25) is 0 Å². The van der Waals surface area contributed by atoms with Gasteiger partial charge in [-0.15, -0.1) is 0 Å². The molecule has 0 fully saturated rings. The monoisotopic (exact) mass is 235 g/mol. The number of fused-ring (bicyclic) bond motifs is 1. The van der Waals surface area contributed by atoms with Crippen molar-refractivity contribution >= 4 is 10.9 Å². The fourth-order valence-electron chi connectivity index (χ4n) is 2.71. The summed E-state index contributed by atoms with van der Waals surface area (Å²) in [6, 6.07) is 21.9. The van der Waals surface area contributed by atoms with Crippen molar-refractivity contribution in [3.05, 3.63) is 71.9 Å². The molecular formula is C17H17N. The molecule has 3 rings (SSSR count). The predicted molar refractivity (Wildman–Crippen MR) is 76.9 cm³/mol. The number of benzene rings is 2. The fraction of sp³-hybridized carbons (Fsp3) is 0.176. The Kier molecular flexibility index (Phi) is 2.67. The maximum absolute atomic E-state index is 2.41. The average molecular weight is 235 g/mol. The van der Waals surface area contributed by atoms with Gasteiger partial charge in [-0.3, -0.25) is 0 Å². The van der Waals surface area contributed by atoms with Gasteiger partial charge in [0.2, 0.25) is 0 Å². The zero-order chi connectivity index (χ0) is 12.5. The van der Waals surface area contributed by atoms with E-state index in [2.05, 4.69) is 79.1 Å². The number of hydrogen-bond acceptors (Lipinski definition) is 0. The molecule has 1 unspecified atom stereocenters. The van der Waals surface area contributed by atoms with Gasteiger partial charge in [0.15, 0.2) is 0 Å². The maximum Gasteiger partial charge on any atom is 0.0560 e. The van der Waals surface area contributed by atoms with Gasteiger partial charge in [-0.05, 0) is 36.9 Å². The lowest BCUT2D eigenvalue weighted by Crippen LogP contribution is -2.07. The SMILES string of the molecule is Cc1cc2ccccc2n1C(C)c1ccccc1. The molecule has 0 bridgehead atoms. The summed E-state index contributed by atoms with van der Waals surface area (Å²) in [6.45, 7) is 4.44. The third-order valence-corrected chi connectivity index (χ3v) is 3.61. The van der Waals surface area contributed by atoms with Gasteiger partial charge in [0.25, 0.3) is 0 Å². The van der Waals surface area contributed by atoms with Crippen LogP contribution in [0.15, 0.2) is 60.7 Å². The van der Waals surface area contributed by atoms with E-state index in [9.17, 15) is 0 Å². The Morgan fingerprint density at radius 1 is 0.889 bits per heavy atom. The first kappa shape index (κ1) is 11.1. The van der Waals surface area contributed by atoms with E-state index in [-0.39, 0.29) is 0 Å². The highest BCUT2D eigenvalue weighted by Gasteiger charge is 2.12. The molecule has 0 saturated heterocycles. The summed E-state index contributed by atoms with van der Waals surface area (Å²) in [4.78, 5) is 0. The van der Waals surface area contributed by atoms with Crippen LogP contribution in [0.4, 0.5) is 0 Å². The van der Waals surface area contributed by atoms with Gasteiger partial charge >= 0.3 is 0 Å². The number of aryl methyl sites for hydroxylation is 1. The maximum atomic E-state index is 2.41. The molecule has 0 aliphatic carbocycles. The highest BCUT2D eigenvalue weighted by molar-refractivity contribution is 5.81. The minimum Gasteiger partial charge on any atom is -0.338 e. The van der Waals surface area contributed by atoms with E-state index in [4.69, 9.17) is 0 Å². The van der Waals surface area contributed by atoms with Crippen molar-refractivity contribution < 1.29 is 0 Å². The van der Waals surface area contributed by atoms with E-state index in [0.29, 0.717) is 6.04 Å². The van der Waals surface area contributed by atoms with Gasteiger partial charge in [0.05, 0.1) is 6.04 Å². The van der Waals surface area contributed by atoms with Crippen molar-refractivity contribution in [3.8, 4) is 0 Å². The van der Waals surface area contributed by atoms with E-state index in [0.717, 1.165) is 0 Å². The van der Waals surface area contributed by atoms with Crippen LogP contribution in [0.1, 0.15) is 24.2 Å². The standard InChI is InChI=1S/C17H17N/c1-13-12-16-10-6-7-11-17(16)18(13)14(2)15-8-4-3-5-9-15/h3-12,14H,1-2H3. The lowest BCUT2D eigenvalue weighted by atomic mass is 10.1. The molecule has 1 heteroatoms. The van der Waals surface area contributed by atoms with Crippen molar-refractivity contribution in [2.45, 2.75) is 19.9 Å². The summed E-state index contributed by atoms with van der Waals surface area (Å²) < 4.78 is 2.41. The van der Waals surface area contributed by atoms with Crippen LogP contribution in [0.5, 0.6) is 0 Å². The normalized spacial score (nSPS) is 12.8. The molecule has 1 atom stereocenters. The van der Waals surface area contributed by atoms with Gasteiger partial charge < -0.3 is 4.57 Å². The Morgan fingerprint density at radius 3 is 2.33 bits per heavy atom. The van der Waals surface area contributed by atoms with Crippen LogP contribution in [-0.2, 0) is 0 Å². The molecule has 1 heterocycles. The molecule has 1 aromatic heterocycles. The minimum absolute atomic E-state index is 0.367. The van der Waals surface area contributed by atoms with Crippen molar-refractivity contribution in [2.24, 2.45) is 0 Å². The number of rotatable bonds is 2. The first-order valence-electron chi connectivity index (χ1n) is 6.39. The zero-order valence-corrected chi connectivity index (χ0v) is 10.8. The Balaban J connectivity index is 2.17. The van der Waals surface area contributed by atoms with Crippen LogP contribution in [0, 0.1) is 6.92 Å². The van der Waals surface area contributed by atoms with Crippen LogP contribution in [-0.4, -0.2) is 4.57 Å². The molecule has 90 valence electrons. The van der Waals surface area contributed by atoms with Gasteiger partial charge in [0, 0.05) is 11.2 Å². The molecule has 0 N–H and O–H groups in total. The molecule has 0 saturated carbocycles. The van der Waals surface area contributed by atoms with E-state index in [1.54, 1.807) is 0 Å². The zero-order valence-electron chi connectivity index (χ0n) is 10.8. The molecule has 0 amide bonds. The van der Waals surface area contributed by atoms with Gasteiger partial charge in [-0.1, -0.05) is 48.5 Å². The fourth-order valence-corrected chi connectivity index (χ4v) is 2.71. The number of aromatic nitrogens is 1. The molecule has 0 spiro atoms. The summed E-state index contributed by atoms with van der Waals surface area (Å²) in [5.41, 5.74) is 3.97. The molecular weight excluding hydrogens is 218 g/mol. The average Bonchev–Trinajstić information content (AvgIpc) is 2.75. The van der Waals surface area contributed by atoms with E-state index in [1.807, 2.05) is 0 Å². The number of nitrogens with zero attached hydrogens (tertiary/aromatic N) is 1. The quantitative estimate of drug-likeness (QED) is 0.613. The van der Waals surface area contributed by atoms with E-state index in [1.165, 1.54) is 22.2 Å². The summed E-state index contributed by atoms with van der Waals surface area (Å²) in [6.07, 6.45) is 0. The first-order chi connectivity index (χ1) is 8.77. The van der Waals surface area contributed by atoms with Crippen molar-refractivity contribution in [1.82, 2.24) is 4.57 Å². The second kappa shape index (κ2) is 4.34. The largest absolute Gasteiger partial charge is 0.338 e. The molecule has 1 nitrogen and oxygen atoms in total. The smallest absolute Gasteiger partial charge is 0.0560 e. The van der Waals surface area contributed by atoms with Gasteiger partial charge in [-0.2, -0.15) is 0 Å². The second-order valence-electron chi connectivity index (χ2n) is 4.80. The number of hydrogen-bond donors (Lipinski definition) is 0. The lowest BCUT2D eigenvalue weighted by Gasteiger charge is -2.18. The van der Waals surface area contributed by atoms with Crippen LogP contribution < -0.4 is 0 Å². The molecule has 2 aromatic carbocycles. The summed E-state index contributed by atoms with van der Waals surface area (Å²) in [5, 5.41) is 1.32. The molecule has 0 aliphatic heterocycles. The summed E-state index contributed by atoms with van der Waals surface area (Å²) in [5.74, 6) is 0. The van der Waals surface area contributed by atoms with Crippen molar-refractivity contribution in [1.29, 1.82) is 0 Å². The summed E-state index contributed by atoms with van der Waals surface area (Å²) in [7, 11) is 0. The van der Waals surface area contributed by atoms with Gasteiger partial charge in [0.1, 0.15) is 0 Å². The Bertz CT molecular complexity index is 664. The topological polar surface area (TPSA) is 4.93 Å². The molecule has 3 aromatic rings. The third kappa shape index (κ3) is 1.72. The van der Waals surface area contributed by atoms with Crippen LogP contribution in [0.3, 0.4) is 0 Å². The van der Waals surface area contributed by atoms with E-state index < -0.39 is 0 Å².